The minimum atomic E-state index is -1.44. The molecule has 6 N–H and O–H groups in total. The van der Waals surface area contributed by atoms with Crippen molar-refractivity contribution in [2.75, 3.05) is 13.2 Å². The molecule has 2 saturated heterocycles. The Kier molecular flexibility index (Phi) is 10.4. The van der Waals surface area contributed by atoms with E-state index in [1.165, 1.54) is 6.92 Å². The molecule has 0 aromatic heterocycles. The van der Waals surface area contributed by atoms with Gasteiger partial charge in [0, 0.05) is 18.9 Å². The molecule has 0 amide bonds. The average Bonchev–Trinajstić information content (AvgIpc) is 3.60. The first kappa shape index (κ1) is 31.2. The Morgan fingerprint density at radius 1 is 1.00 bits per heavy atom. The number of aliphatic hydroxyl groups is 6. The number of hydrogen-bond donors (Lipinski definition) is 6. The minimum Gasteiger partial charge on any atom is -0.394 e. The molecule has 4 fully saturated rings. The molecular weight excluding hydrogens is 516 g/mol. The summed E-state index contributed by atoms with van der Waals surface area (Å²) in [6, 6.07) is 0. The van der Waals surface area contributed by atoms with Crippen molar-refractivity contribution in [1.82, 2.24) is 0 Å². The molecule has 12 heteroatoms. The van der Waals surface area contributed by atoms with Gasteiger partial charge in [-0.2, -0.15) is 0 Å². The highest BCUT2D eigenvalue weighted by atomic mass is 16.7. The van der Waals surface area contributed by atoms with Crippen LogP contribution in [0.15, 0.2) is 0 Å². The molecule has 14 atom stereocenters. The third-order valence-electron chi connectivity index (χ3n) is 8.79. The normalized spacial score (nSPS) is 46.9. The maximum Gasteiger partial charge on any atom is 0.186 e. The quantitative estimate of drug-likeness (QED) is 0.166. The highest BCUT2D eigenvalue weighted by molar-refractivity contribution is 5.82. The lowest BCUT2D eigenvalue weighted by atomic mass is 9.85. The topological polar surface area (TPSA) is 185 Å². The van der Waals surface area contributed by atoms with Crippen molar-refractivity contribution < 1.29 is 59.1 Å². The summed E-state index contributed by atoms with van der Waals surface area (Å²) in [4.78, 5) is 11.7. The number of carbonyl (C=O) groups is 1. The molecule has 39 heavy (non-hydrogen) atoms. The molecule has 0 radical (unpaired) electrons. The van der Waals surface area contributed by atoms with Crippen LogP contribution in [0.3, 0.4) is 0 Å². The lowest BCUT2D eigenvalue weighted by Crippen LogP contribution is -2.60. The number of rotatable bonds is 12. The minimum absolute atomic E-state index is 0.0276. The van der Waals surface area contributed by atoms with Gasteiger partial charge in [-0.05, 0) is 51.9 Å². The summed E-state index contributed by atoms with van der Waals surface area (Å²) in [5.74, 6) is -0.478. The van der Waals surface area contributed by atoms with Gasteiger partial charge in [0.15, 0.2) is 18.4 Å². The Bertz CT molecular complexity index is 812. The van der Waals surface area contributed by atoms with Crippen molar-refractivity contribution in [1.29, 1.82) is 0 Å². The Labute approximate surface area is 229 Å². The van der Waals surface area contributed by atoms with Crippen molar-refractivity contribution >= 4 is 5.78 Å². The van der Waals surface area contributed by atoms with E-state index >= 15 is 0 Å². The second kappa shape index (κ2) is 13.0. The Morgan fingerprint density at radius 3 is 2.44 bits per heavy atom. The number of ether oxygens (including phenoxy) is 5. The zero-order valence-corrected chi connectivity index (χ0v) is 23.0. The third-order valence-corrected chi connectivity index (χ3v) is 8.79. The Morgan fingerprint density at radius 2 is 1.74 bits per heavy atom. The fourth-order valence-corrected chi connectivity index (χ4v) is 6.10. The smallest absolute Gasteiger partial charge is 0.186 e. The highest BCUT2D eigenvalue weighted by Gasteiger charge is 2.68. The summed E-state index contributed by atoms with van der Waals surface area (Å²) in [6.45, 7) is 4.98. The van der Waals surface area contributed by atoms with Crippen LogP contribution in [0.25, 0.3) is 0 Å². The largest absolute Gasteiger partial charge is 0.394 e. The van der Waals surface area contributed by atoms with Crippen LogP contribution in [0.5, 0.6) is 0 Å². The molecule has 0 bridgehead atoms. The average molecular weight is 563 g/mol. The molecule has 2 aliphatic carbocycles. The van der Waals surface area contributed by atoms with Gasteiger partial charge in [0.05, 0.1) is 30.5 Å². The summed E-state index contributed by atoms with van der Waals surface area (Å²) < 4.78 is 30.5. The van der Waals surface area contributed by atoms with E-state index in [0.29, 0.717) is 32.3 Å². The maximum absolute atomic E-state index is 11.7. The SMILES string of the molecule is CC(O)C(=O)CCCCOC1C(OC2CCCC(C)C2OC2OC(C)C(O)C(O)C2O)OC(CO)C2(O)CC12. The van der Waals surface area contributed by atoms with Crippen LogP contribution in [0.1, 0.15) is 65.7 Å². The van der Waals surface area contributed by atoms with Crippen LogP contribution in [-0.2, 0) is 28.5 Å². The summed E-state index contributed by atoms with van der Waals surface area (Å²) in [6.07, 6.45) is -6.14. The number of hydrogen-bond acceptors (Lipinski definition) is 12. The molecule has 0 aromatic rings. The van der Waals surface area contributed by atoms with Gasteiger partial charge in [-0.25, -0.2) is 0 Å². The molecule has 2 saturated carbocycles. The zero-order valence-electron chi connectivity index (χ0n) is 23.0. The summed E-state index contributed by atoms with van der Waals surface area (Å²) in [5, 5.41) is 60.9. The number of fused-ring (bicyclic) bond motifs is 1. The van der Waals surface area contributed by atoms with Crippen LogP contribution in [0, 0.1) is 11.8 Å². The molecule has 4 aliphatic rings. The van der Waals surface area contributed by atoms with Gasteiger partial charge in [0.25, 0.3) is 0 Å². The van der Waals surface area contributed by atoms with Crippen LogP contribution in [0.4, 0.5) is 0 Å². The van der Waals surface area contributed by atoms with Gasteiger partial charge in [-0.1, -0.05) is 13.3 Å². The number of unbranched alkanes of at least 4 members (excludes halogenated alkanes) is 1. The first-order chi connectivity index (χ1) is 18.5. The molecule has 2 aliphatic heterocycles. The summed E-state index contributed by atoms with van der Waals surface area (Å²) in [5.41, 5.74) is -1.19. The van der Waals surface area contributed by atoms with Gasteiger partial charge in [-0.3, -0.25) is 4.79 Å². The van der Waals surface area contributed by atoms with Crippen molar-refractivity contribution in [3.8, 4) is 0 Å². The van der Waals surface area contributed by atoms with Gasteiger partial charge in [-0.15, -0.1) is 0 Å². The van der Waals surface area contributed by atoms with Crippen LogP contribution in [-0.4, -0.2) is 123 Å². The molecule has 2 heterocycles. The third kappa shape index (κ3) is 6.83. The predicted octanol–water partition coefficient (Wildman–Crippen LogP) is -0.622. The standard InChI is InChI=1S/C27H46O12/c1-13-7-6-9-18(23(13)39-25-22(33)21(32)20(31)15(3)36-25)37-26-24(16-11-27(16,34)19(12-28)38-26)35-10-5-4-8-17(30)14(2)29/h13-16,18-26,28-29,31-34H,4-12H2,1-3H3. The lowest BCUT2D eigenvalue weighted by molar-refractivity contribution is -0.339. The van der Waals surface area contributed by atoms with E-state index in [1.807, 2.05) is 6.92 Å². The second-order valence-electron chi connectivity index (χ2n) is 11.8. The van der Waals surface area contributed by atoms with Crippen molar-refractivity contribution in [3.05, 3.63) is 0 Å². The molecule has 0 spiro atoms. The Hall–Kier alpha value is -0.770. The fourth-order valence-electron chi connectivity index (χ4n) is 6.10. The van der Waals surface area contributed by atoms with Gasteiger partial charge < -0.3 is 54.3 Å². The van der Waals surface area contributed by atoms with E-state index in [1.54, 1.807) is 6.92 Å². The van der Waals surface area contributed by atoms with Gasteiger partial charge in [0.2, 0.25) is 0 Å². The highest BCUT2D eigenvalue weighted by Crippen LogP contribution is 2.55. The van der Waals surface area contributed by atoms with E-state index in [2.05, 4.69) is 0 Å². The molecular formula is C27H46O12. The predicted molar refractivity (Wildman–Crippen MR) is 134 cm³/mol. The summed E-state index contributed by atoms with van der Waals surface area (Å²) in [7, 11) is 0. The number of ketones is 1. The summed E-state index contributed by atoms with van der Waals surface area (Å²) >= 11 is 0. The van der Waals surface area contributed by atoms with E-state index in [-0.39, 0.29) is 30.6 Å². The van der Waals surface area contributed by atoms with Crippen molar-refractivity contribution in [2.24, 2.45) is 11.8 Å². The molecule has 4 rings (SSSR count). The van der Waals surface area contributed by atoms with Gasteiger partial charge >= 0.3 is 0 Å². The van der Waals surface area contributed by atoms with Crippen LogP contribution in [0.2, 0.25) is 0 Å². The fraction of sp³-hybridized carbons (Fsp3) is 0.963. The van der Waals surface area contributed by atoms with E-state index in [4.69, 9.17) is 23.7 Å². The molecule has 226 valence electrons. The van der Waals surface area contributed by atoms with E-state index < -0.39 is 73.1 Å². The van der Waals surface area contributed by atoms with Crippen LogP contribution >= 0.6 is 0 Å². The molecule has 14 unspecified atom stereocenters. The number of carbonyl (C=O) groups excluding carboxylic acids is 1. The van der Waals surface area contributed by atoms with E-state index in [9.17, 15) is 35.4 Å². The first-order valence-electron chi connectivity index (χ1n) is 14.3. The zero-order chi connectivity index (χ0) is 28.5. The van der Waals surface area contributed by atoms with Gasteiger partial charge in [0.1, 0.15) is 36.6 Å². The number of Topliss-reactive ketones (excluding diaryl/α,β-unsaturated/α-hetero) is 1. The molecule has 0 aromatic carbocycles. The molecule has 12 nitrogen and oxygen atoms in total. The monoisotopic (exact) mass is 562 g/mol. The number of aliphatic hydroxyl groups excluding tert-OH is 5. The maximum atomic E-state index is 11.7. The Balaban J connectivity index is 1.41. The lowest BCUT2D eigenvalue weighted by Gasteiger charge is -2.45. The van der Waals surface area contributed by atoms with E-state index in [0.717, 1.165) is 12.8 Å². The van der Waals surface area contributed by atoms with Crippen LogP contribution < -0.4 is 0 Å². The first-order valence-corrected chi connectivity index (χ1v) is 14.3. The van der Waals surface area contributed by atoms with Crippen molar-refractivity contribution in [3.63, 3.8) is 0 Å². The second-order valence-corrected chi connectivity index (χ2v) is 11.8. The van der Waals surface area contributed by atoms with Crippen molar-refractivity contribution in [2.45, 2.75) is 139 Å².